The first-order valence-corrected chi connectivity index (χ1v) is 11.4. The number of para-hydroxylation sites is 1. The lowest BCUT2D eigenvalue weighted by Gasteiger charge is -2.36. The lowest BCUT2D eigenvalue weighted by Crippen LogP contribution is -2.38. The fourth-order valence-corrected chi connectivity index (χ4v) is 5.20. The zero-order chi connectivity index (χ0) is 22.2. The summed E-state index contributed by atoms with van der Waals surface area (Å²) in [5.74, 6) is 1.81. The average Bonchev–Trinajstić information content (AvgIpc) is 3.28. The molecule has 1 amide bonds. The van der Waals surface area contributed by atoms with E-state index >= 15 is 0 Å². The first kappa shape index (κ1) is 19.9. The summed E-state index contributed by atoms with van der Waals surface area (Å²) in [6.07, 6.45) is 0.398. The third-order valence-electron chi connectivity index (χ3n) is 6.72. The molecule has 3 aromatic carbocycles. The van der Waals surface area contributed by atoms with Gasteiger partial charge in [0.15, 0.2) is 0 Å². The minimum atomic E-state index is -0.0678. The number of nitrogens with zero attached hydrogens (tertiary/aromatic N) is 4. The monoisotopic (exact) mass is 435 g/mol. The molecule has 0 saturated carbocycles. The number of anilines is 1. The zero-order valence-corrected chi connectivity index (χ0v) is 18.3. The molecule has 0 fully saturated rings. The Kier molecular flexibility index (Phi) is 5.00. The van der Waals surface area contributed by atoms with Crippen LogP contribution >= 0.6 is 0 Å². The number of hydrogen-bond donors (Lipinski definition) is 1. The molecular formula is C27H25N5O. The van der Waals surface area contributed by atoms with Crippen molar-refractivity contribution in [3.63, 3.8) is 0 Å². The van der Waals surface area contributed by atoms with E-state index in [0.717, 1.165) is 36.0 Å². The molecule has 4 aromatic rings. The molecule has 6 nitrogen and oxygen atoms in total. The molecule has 6 heteroatoms. The van der Waals surface area contributed by atoms with E-state index < -0.39 is 0 Å². The van der Waals surface area contributed by atoms with Gasteiger partial charge in [-0.25, -0.2) is 0 Å². The minimum absolute atomic E-state index is 0.0294. The van der Waals surface area contributed by atoms with Crippen molar-refractivity contribution < 1.29 is 4.79 Å². The minimum Gasteiger partial charge on any atom is -0.326 e. The molecule has 0 saturated heterocycles. The average molecular weight is 436 g/mol. The van der Waals surface area contributed by atoms with Gasteiger partial charge in [0.25, 0.3) is 0 Å². The number of aromatic nitrogens is 3. The van der Waals surface area contributed by atoms with Gasteiger partial charge in [-0.1, -0.05) is 78.9 Å². The van der Waals surface area contributed by atoms with E-state index in [1.807, 2.05) is 18.2 Å². The van der Waals surface area contributed by atoms with Crippen LogP contribution in [0.15, 0.2) is 84.9 Å². The van der Waals surface area contributed by atoms with Gasteiger partial charge in [-0.15, -0.1) is 10.2 Å². The maximum atomic E-state index is 12.4. The summed E-state index contributed by atoms with van der Waals surface area (Å²) in [4.78, 5) is 14.9. The fourth-order valence-electron chi connectivity index (χ4n) is 5.20. The van der Waals surface area contributed by atoms with Crippen molar-refractivity contribution >= 4 is 11.6 Å². The largest absolute Gasteiger partial charge is 0.326 e. The van der Waals surface area contributed by atoms with E-state index in [4.69, 9.17) is 0 Å². The summed E-state index contributed by atoms with van der Waals surface area (Å²) in [6, 6.07) is 29.4. The topological polar surface area (TPSA) is 63.1 Å². The van der Waals surface area contributed by atoms with Crippen LogP contribution in [-0.2, 0) is 17.9 Å². The number of amides is 1. The maximum absolute atomic E-state index is 12.4. The summed E-state index contributed by atoms with van der Waals surface area (Å²) in [7, 11) is 0. The van der Waals surface area contributed by atoms with E-state index in [1.54, 1.807) is 0 Å². The van der Waals surface area contributed by atoms with E-state index in [2.05, 4.69) is 91.7 Å². The first-order valence-electron chi connectivity index (χ1n) is 11.4. The van der Waals surface area contributed by atoms with Crippen LogP contribution in [0.5, 0.6) is 0 Å². The van der Waals surface area contributed by atoms with Gasteiger partial charge in [0.05, 0.1) is 18.5 Å². The Labute approximate surface area is 192 Å². The number of carbonyl (C=O) groups excluding carboxylic acids is 1. The lowest BCUT2D eigenvalue weighted by atomic mass is 9.89. The fraction of sp³-hybridized carbons (Fsp3) is 0.222. The molecule has 2 aliphatic rings. The van der Waals surface area contributed by atoms with Crippen LogP contribution in [0.2, 0.25) is 0 Å². The number of benzene rings is 3. The standard InChI is InChI=1S/C27H25N5O/c33-25-17-22(21-13-7-8-14-23(21)28-25)27-30-29-24-18-31(15-16-32(24)27)26(19-9-3-1-4-10-19)20-11-5-2-6-12-20/h1-14,22,26H,15-18H2,(H,28,33). The normalized spacial score (nSPS) is 18.0. The van der Waals surface area contributed by atoms with Crippen molar-refractivity contribution in [2.24, 2.45) is 0 Å². The van der Waals surface area contributed by atoms with Crippen LogP contribution in [0, 0.1) is 0 Å². The zero-order valence-electron chi connectivity index (χ0n) is 18.3. The molecule has 3 heterocycles. The number of rotatable bonds is 4. The summed E-state index contributed by atoms with van der Waals surface area (Å²) < 4.78 is 2.23. The lowest BCUT2D eigenvalue weighted by molar-refractivity contribution is -0.116. The van der Waals surface area contributed by atoms with Crippen molar-refractivity contribution in [3.05, 3.63) is 113 Å². The molecule has 1 unspecified atom stereocenters. The van der Waals surface area contributed by atoms with E-state index in [-0.39, 0.29) is 17.9 Å². The third kappa shape index (κ3) is 3.62. The van der Waals surface area contributed by atoms with Crippen LogP contribution in [-0.4, -0.2) is 32.1 Å². The summed E-state index contributed by atoms with van der Waals surface area (Å²) in [5.41, 5.74) is 4.53. The number of hydrogen-bond acceptors (Lipinski definition) is 4. The second kappa shape index (κ2) is 8.30. The Balaban J connectivity index is 1.34. The predicted molar refractivity (Wildman–Crippen MR) is 127 cm³/mol. The Hall–Kier alpha value is -3.77. The highest BCUT2D eigenvalue weighted by molar-refractivity contribution is 5.95. The van der Waals surface area contributed by atoms with Gasteiger partial charge in [0, 0.05) is 25.2 Å². The van der Waals surface area contributed by atoms with Gasteiger partial charge in [-0.2, -0.15) is 0 Å². The van der Waals surface area contributed by atoms with Gasteiger partial charge in [0.1, 0.15) is 11.6 Å². The molecule has 0 aliphatic carbocycles. The van der Waals surface area contributed by atoms with Crippen LogP contribution < -0.4 is 5.32 Å². The quantitative estimate of drug-likeness (QED) is 0.517. The molecule has 1 atom stereocenters. The maximum Gasteiger partial charge on any atom is 0.225 e. The summed E-state index contributed by atoms with van der Waals surface area (Å²) >= 11 is 0. The second-order valence-electron chi connectivity index (χ2n) is 8.71. The van der Waals surface area contributed by atoms with Gasteiger partial charge >= 0.3 is 0 Å². The van der Waals surface area contributed by atoms with E-state index in [9.17, 15) is 4.79 Å². The van der Waals surface area contributed by atoms with E-state index in [1.165, 1.54) is 11.1 Å². The molecule has 0 bridgehead atoms. The second-order valence-corrected chi connectivity index (χ2v) is 8.71. The Bertz CT molecular complexity index is 1240. The van der Waals surface area contributed by atoms with Crippen molar-refractivity contribution in [1.82, 2.24) is 19.7 Å². The highest BCUT2D eigenvalue weighted by Crippen LogP contribution is 2.38. The molecular weight excluding hydrogens is 410 g/mol. The number of carbonyl (C=O) groups is 1. The van der Waals surface area contributed by atoms with Gasteiger partial charge in [-0.05, 0) is 22.8 Å². The first-order chi connectivity index (χ1) is 16.3. The molecule has 1 aromatic heterocycles. The van der Waals surface area contributed by atoms with Crippen molar-refractivity contribution in [2.75, 3.05) is 11.9 Å². The van der Waals surface area contributed by atoms with Gasteiger partial charge in [0.2, 0.25) is 5.91 Å². The van der Waals surface area contributed by atoms with Gasteiger partial charge in [-0.3, -0.25) is 9.69 Å². The third-order valence-corrected chi connectivity index (χ3v) is 6.72. The predicted octanol–water partition coefficient (Wildman–Crippen LogP) is 4.36. The molecule has 1 N–H and O–H groups in total. The SMILES string of the molecule is O=C1CC(c2nnc3n2CCN(C(c2ccccc2)c2ccccc2)C3)c2ccccc2N1. The highest BCUT2D eigenvalue weighted by atomic mass is 16.1. The number of nitrogens with one attached hydrogen (secondary N) is 1. The Morgan fingerprint density at radius 2 is 1.48 bits per heavy atom. The highest BCUT2D eigenvalue weighted by Gasteiger charge is 2.34. The van der Waals surface area contributed by atoms with E-state index in [0.29, 0.717) is 13.0 Å². The smallest absolute Gasteiger partial charge is 0.225 e. The molecule has 0 radical (unpaired) electrons. The molecule has 164 valence electrons. The Morgan fingerprint density at radius 1 is 0.818 bits per heavy atom. The Morgan fingerprint density at radius 3 is 2.21 bits per heavy atom. The van der Waals surface area contributed by atoms with Crippen LogP contribution in [0.25, 0.3) is 0 Å². The summed E-state index contributed by atoms with van der Waals surface area (Å²) in [5, 5.41) is 12.2. The van der Waals surface area contributed by atoms with Crippen molar-refractivity contribution in [3.8, 4) is 0 Å². The van der Waals surface area contributed by atoms with Crippen molar-refractivity contribution in [1.29, 1.82) is 0 Å². The molecule has 2 aliphatic heterocycles. The van der Waals surface area contributed by atoms with Gasteiger partial charge < -0.3 is 9.88 Å². The number of fused-ring (bicyclic) bond motifs is 2. The molecule has 6 rings (SSSR count). The van der Waals surface area contributed by atoms with Crippen LogP contribution in [0.1, 0.15) is 46.7 Å². The summed E-state index contributed by atoms with van der Waals surface area (Å²) in [6.45, 7) is 2.39. The van der Waals surface area contributed by atoms with Crippen molar-refractivity contribution in [2.45, 2.75) is 31.5 Å². The van der Waals surface area contributed by atoms with Crippen LogP contribution in [0.4, 0.5) is 5.69 Å². The molecule has 33 heavy (non-hydrogen) atoms. The molecule has 0 spiro atoms. The van der Waals surface area contributed by atoms with Crippen LogP contribution in [0.3, 0.4) is 0 Å².